The Labute approximate surface area is 145 Å². The summed E-state index contributed by atoms with van der Waals surface area (Å²) in [6.45, 7) is 2.67. The minimum absolute atomic E-state index is 0.0932. The molecule has 2 amide bonds. The van der Waals surface area contributed by atoms with Crippen LogP contribution in [-0.2, 0) is 18.7 Å². The van der Waals surface area contributed by atoms with Crippen molar-refractivity contribution in [3.63, 3.8) is 0 Å². The Morgan fingerprint density at radius 1 is 0.840 bits per heavy atom. The lowest BCUT2D eigenvalue weighted by atomic mass is 10.2. The molecule has 0 radical (unpaired) electrons. The SMILES string of the molecule is CC(N)C(=O)NC(CCCC(NC(=O)C(C)N)P(=O)(O)O)P(=O)(O)O. The van der Waals surface area contributed by atoms with Gasteiger partial charge in [-0.05, 0) is 33.1 Å². The average Bonchev–Trinajstić information content (AvgIpc) is 2.41. The van der Waals surface area contributed by atoms with Gasteiger partial charge >= 0.3 is 15.2 Å². The summed E-state index contributed by atoms with van der Waals surface area (Å²) in [5.74, 6) is -4.64. The molecule has 0 aromatic rings. The second kappa shape index (κ2) is 9.75. The molecule has 0 aliphatic rings. The summed E-state index contributed by atoms with van der Waals surface area (Å²) in [6, 6.07) is -1.97. The zero-order valence-electron chi connectivity index (χ0n) is 13.9. The first-order valence-corrected chi connectivity index (χ1v) is 10.7. The van der Waals surface area contributed by atoms with Crippen molar-refractivity contribution in [2.24, 2.45) is 11.5 Å². The van der Waals surface area contributed by atoms with Crippen LogP contribution in [0.2, 0.25) is 0 Å². The molecule has 25 heavy (non-hydrogen) atoms. The monoisotopic (exact) mass is 404 g/mol. The highest BCUT2D eigenvalue weighted by molar-refractivity contribution is 7.52. The van der Waals surface area contributed by atoms with Gasteiger partial charge in [-0.1, -0.05) is 0 Å². The highest BCUT2D eigenvalue weighted by atomic mass is 31.2. The van der Waals surface area contributed by atoms with Crippen LogP contribution in [0.3, 0.4) is 0 Å². The molecular formula is C11H26N4O8P2. The normalized spacial score (nSPS) is 17.3. The van der Waals surface area contributed by atoms with Gasteiger partial charge in [-0.25, -0.2) is 0 Å². The molecule has 0 aromatic heterocycles. The van der Waals surface area contributed by atoms with Crippen molar-refractivity contribution in [1.82, 2.24) is 10.6 Å². The van der Waals surface area contributed by atoms with Gasteiger partial charge in [0.25, 0.3) is 0 Å². The summed E-state index contributed by atoms with van der Waals surface area (Å²) in [5, 5.41) is 4.20. The third-order valence-corrected chi connectivity index (χ3v) is 5.61. The van der Waals surface area contributed by atoms with Crippen LogP contribution in [0, 0.1) is 0 Å². The molecule has 10 N–H and O–H groups in total. The molecule has 0 heterocycles. The van der Waals surface area contributed by atoms with E-state index in [0.717, 1.165) is 0 Å². The number of amides is 2. The highest BCUT2D eigenvalue weighted by Gasteiger charge is 2.34. The summed E-state index contributed by atoms with van der Waals surface area (Å²) in [7, 11) is -9.40. The first kappa shape index (κ1) is 24.2. The highest BCUT2D eigenvalue weighted by Crippen LogP contribution is 2.44. The summed E-state index contributed by atoms with van der Waals surface area (Å²) in [5.41, 5.74) is 10.6. The molecule has 0 saturated heterocycles. The predicted molar refractivity (Wildman–Crippen MR) is 89.1 cm³/mol. The number of hydrogen-bond acceptors (Lipinski definition) is 6. The largest absolute Gasteiger partial charge is 0.347 e. The maximum absolute atomic E-state index is 11.5. The van der Waals surface area contributed by atoms with Crippen LogP contribution >= 0.6 is 15.2 Å². The Kier molecular flexibility index (Phi) is 9.42. The molecule has 0 spiro atoms. The minimum Gasteiger partial charge on any atom is -0.341 e. The quantitative estimate of drug-likeness (QED) is 0.188. The molecule has 0 saturated carbocycles. The van der Waals surface area contributed by atoms with Crippen molar-refractivity contribution < 1.29 is 38.3 Å². The van der Waals surface area contributed by atoms with Gasteiger partial charge in [-0.3, -0.25) is 18.7 Å². The van der Waals surface area contributed by atoms with Gasteiger partial charge in [0, 0.05) is 0 Å². The number of nitrogens with one attached hydrogen (secondary N) is 2. The molecule has 0 aliphatic carbocycles. The van der Waals surface area contributed by atoms with Gasteiger partial charge in [0.1, 0.15) is 11.6 Å². The molecule has 0 aliphatic heterocycles. The van der Waals surface area contributed by atoms with Crippen molar-refractivity contribution in [3.05, 3.63) is 0 Å². The first-order chi connectivity index (χ1) is 11.2. The van der Waals surface area contributed by atoms with E-state index in [0.29, 0.717) is 0 Å². The van der Waals surface area contributed by atoms with Crippen molar-refractivity contribution in [2.75, 3.05) is 0 Å². The molecule has 0 rings (SSSR count). The third kappa shape index (κ3) is 9.43. The number of carbonyl (C=O) groups is 2. The number of nitrogens with two attached hydrogens (primary N) is 2. The van der Waals surface area contributed by atoms with E-state index in [1.54, 1.807) is 0 Å². The van der Waals surface area contributed by atoms with E-state index < -0.39 is 50.7 Å². The second-order valence-corrected chi connectivity index (χ2v) is 9.34. The van der Waals surface area contributed by atoms with Crippen LogP contribution in [0.5, 0.6) is 0 Å². The van der Waals surface area contributed by atoms with Gasteiger partial charge < -0.3 is 41.7 Å². The number of hydrogen-bond donors (Lipinski definition) is 8. The minimum atomic E-state index is -4.70. The number of rotatable bonds is 10. The Morgan fingerprint density at radius 2 is 1.12 bits per heavy atom. The van der Waals surface area contributed by atoms with Crippen LogP contribution in [0.15, 0.2) is 0 Å². The van der Waals surface area contributed by atoms with Crippen LogP contribution in [-0.4, -0.2) is 55.0 Å². The Morgan fingerprint density at radius 3 is 1.32 bits per heavy atom. The maximum Gasteiger partial charge on any atom is 0.347 e. The number of carbonyl (C=O) groups excluding carboxylic acids is 2. The molecule has 0 aromatic carbocycles. The van der Waals surface area contributed by atoms with Crippen molar-refractivity contribution in [3.8, 4) is 0 Å². The van der Waals surface area contributed by atoms with E-state index in [-0.39, 0.29) is 19.3 Å². The molecule has 148 valence electrons. The molecule has 0 bridgehead atoms. The van der Waals surface area contributed by atoms with Gasteiger partial charge in [0.15, 0.2) is 0 Å². The zero-order chi connectivity index (χ0) is 20.0. The molecule has 0 fully saturated rings. The average molecular weight is 404 g/mol. The lowest BCUT2D eigenvalue weighted by molar-refractivity contribution is -0.123. The Bertz CT molecular complexity index is 510. The lowest BCUT2D eigenvalue weighted by Crippen LogP contribution is -2.44. The van der Waals surface area contributed by atoms with E-state index in [1.807, 2.05) is 0 Å². The van der Waals surface area contributed by atoms with Crippen LogP contribution < -0.4 is 22.1 Å². The fraction of sp³-hybridized carbons (Fsp3) is 0.818. The molecular weight excluding hydrogens is 378 g/mol. The van der Waals surface area contributed by atoms with E-state index in [1.165, 1.54) is 13.8 Å². The van der Waals surface area contributed by atoms with Crippen molar-refractivity contribution >= 4 is 27.0 Å². The van der Waals surface area contributed by atoms with Crippen molar-refractivity contribution in [2.45, 2.75) is 56.8 Å². The van der Waals surface area contributed by atoms with Gasteiger partial charge in [0.2, 0.25) is 11.8 Å². The zero-order valence-corrected chi connectivity index (χ0v) is 15.7. The topological polar surface area (TPSA) is 225 Å². The first-order valence-electron chi connectivity index (χ1n) is 7.38. The summed E-state index contributed by atoms with van der Waals surface area (Å²) >= 11 is 0. The van der Waals surface area contributed by atoms with Crippen molar-refractivity contribution in [1.29, 1.82) is 0 Å². The van der Waals surface area contributed by atoms with Crippen LogP contribution in [0.1, 0.15) is 33.1 Å². The van der Waals surface area contributed by atoms with E-state index in [4.69, 9.17) is 11.5 Å². The molecule has 12 nitrogen and oxygen atoms in total. The van der Waals surface area contributed by atoms with E-state index in [2.05, 4.69) is 10.6 Å². The van der Waals surface area contributed by atoms with Crippen LogP contribution in [0.4, 0.5) is 0 Å². The van der Waals surface area contributed by atoms with Gasteiger partial charge in [-0.2, -0.15) is 0 Å². The maximum atomic E-state index is 11.5. The van der Waals surface area contributed by atoms with E-state index >= 15 is 0 Å². The summed E-state index contributed by atoms with van der Waals surface area (Å²) in [6.07, 6.45) is -0.634. The van der Waals surface area contributed by atoms with Gasteiger partial charge in [0.05, 0.1) is 12.1 Å². The molecule has 14 heteroatoms. The second-order valence-electron chi connectivity index (χ2n) is 5.74. The predicted octanol–water partition coefficient (Wildman–Crippen LogP) is -1.91. The fourth-order valence-electron chi connectivity index (χ4n) is 1.74. The summed E-state index contributed by atoms with van der Waals surface area (Å²) in [4.78, 5) is 60.1. The van der Waals surface area contributed by atoms with Gasteiger partial charge in [-0.15, -0.1) is 0 Å². The standard InChI is InChI=1S/C11H26N4O8P2/c1-6(12)10(16)14-8(24(18,19)20)4-3-5-9(25(21,22)23)15-11(17)7(2)13/h6-9H,3-5,12-13H2,1-2H3,(H,14,16)(H,15,17)(H2,18,19,20)(H2,21,22,23). The van der Waals surface area contributed by atoms with Crippen LogP contribution in [0.25, 0.3) is 0 Å². The van der Waals surface area contributed by atoms with E-state index in [9.17, 15) is 38.3 Å². The fourth-order valence-corrected chi connectivity index (χ4v) is 3.37. The molecule has 4 unspecified atom stereocenters. The molecule has 4 atom stereocenters. The third-order valence-electron chi connectivity index (χ3n) is 3.21. The Hall–Kier alpha value is -0.840. The smallest absolute Gasteiger partial charge is 0.341 e. The lowest BCUT2D eigenvalue weighted by Gasteiger charge is -2.24. The summed E-state index contributed by atoms with van der Waals surface area (Å²) < 4.78 is 22.9. The Balaban J connectivity index is 4.90.